The number of rotatable bonds is 4. The SMILES string of the molecule is Cc1cc(SCC(=O)Nc2csc3nc(=O)c(C)nn23)c2ccccc2n1. The van der Waals surface area contributed by atoms with E-state index in [1.807, 2.05) is 37.3 Å². The van der Waals surface area contributed by atoms with Crippen LogP contribution in [0.5, 0.6) is 0 Å². The Balaban J connectivity index is 1.53. The molecule has 4 rings (SSSR count). The molecule has 4 aromatic rings. The molecule has 0 aliphatic heterocycles. The molecule has 0 saturated carbocycles. The number of hydrogen-bond donors (Lipinski definition) is 1. The minimum atomic E-state index is -0.356. The molecule has 0 fully saturated rings. The minimum Gasteiger partial charge on any atom is -0.309 e. The summed E-state index contributed by atoms with van der Waals surface area (Å²) in [5.74, 6) is 0.598. The molecule has 1 amide bonds. The van der Waals surface area contributed by atoms with Crippen molar-refractivity contribution in [2.75, 3.05) is 11.1 Å². The molecule has 7 nitrogen and oxygen atoms in total. The molecule has 27 heavy (non-hydrogen) atoms. The highest BCUT2D eigenvalue weighted by Gasteiger charge is 2.12. The molecule has 0 aliphatic rings. The number of thioether (sulfide) groups is 1. The van der Waals surface area contributed by atoms with Crippen molar-refractivity contribution in [3.63, 3.8) is 0 Å². The van der Waals surface area contributed by atoms with Crippen molar-refractivity contribution in [2.45, 2.75) is 18.7 Å². The lowest BCUT2D eigenvalue weighted by Crippen LogP contribution is -2.19. The average molecular weight is 397 g/mol. The molecule has 0 bridgehead atoms. The fourth-order valence-electron chi connectivity index (χ4n) is 2.64. The first-order valence-electron chi connectivity index (χ1n) is 8.15. The number of anilines is 1. The molecular weight excluding hydrogens is 382 g/mol. The standard InChI is InChI=1S/C18H15N5O2S2/c1-10-7-14(12-5-3-4-6-13(12)19-10)26-9-16(24)20-15-8-27-18-21-17(25)11(2)22-23(15)18/h3-8H,9H2,1-2H3,(H,20,24). The number of aromatic nitrogens is 4. The fraction of sp³-hybridized carbons (Fsp3) is 0.167. The molecule has 0 spiro atoms. The second-order valence-electron chi connectivity index (χ2n) is 5.93. The number of carbonyl (C=O) groups excluding carboxylic acids is 1. The van der Waals surface area contributed by atoms with Gasteiger partial charge in [0, 0.05) is 21.4 Å². The summed E-state index contributed by atoms with van der Waals surface area (Å²) in [6.07, 6.45) is 0. The number of thiazole rings is 1. The Kier molecular flexibility index (Phi) is 4.63. The maximum atomic E-state index is 12.4. The number of nitrogens with zero attached hydrogens (tertiary/aromatic N) is 4. The number of fused-ring (bicyclic) bond motifs is 2. The van der Waals surface area contributed by atoms with Crippen molar-refractivity contribution in [1.29, 1.82) is 0 Å². The van der Waals surface area contributed by atoms with Crippen LogP contribution < -0.4 is 10.9 Å². The predicted molar refractivity (Wildman–Crippen MR) is 108 cm³/mol. The monoisotopic (exact) mass is 397 g/mol. The molecule has 0 radical (unpaired) electrons. The Morgan fingerprint density at radius 3 is 2.93 bits per heavy atom. The second-order valence-corrected chi connectivity index (χ2v) is 7.79. The van der Waals surface area contributed by atoms with Gasteiger partial charge in [0.15, 0.2) is 0 Å². The van der Waals surface area contributed by atoms with Gasteiger partial charge in [-0.3, -0.25) is 14.6 Å². The van der Waals surface area contributed by atoms with E-state index >= 15 is 0 Å². The molecule has 0 saturated heterocycles. The maximum absolute atomic E-state index is 12.4. The summed E-state index contributed by atoms with van der Waals surface area (Å²) in [7, 11) is 0. The zero-order valence-electron chi connectivity index (χ0n) is 14.6. The van der Waals surface area contributed by atoms with Crippen molar-refractivity contribution in [1.82, 2.24) is 19.6 Å². The van der Waals surface area contributed by atoms with Gasteiger partial charge in [-0.25, -0.2) is 0 Å². The zero-order chi connectivity index (χ0) is 19.0. The summed E-state index contributed by atoms with van der Waals surface area (Å²) < 4.78 is 1.48. The van der Waals surface area contributed by atoms with E-state index < -0.39 is 0 Å². The molecule has 3 heterocycles. The van der Waals surface area contributed by atoms with Gasteiger partial charge in [-0.05, 0) is 26.0 Å². The molecular formula is C18H15N5O2S2. The number of aryl methyl sites for hydroxylation is 2. The molecule has 0 aliphatic carbocycles. The Hall–Kier alpha value is -2.78. The molecule has 9 heteroatoms. The summed E-state index contributed by atoms with van der Waals surface area (Å²) in [5.41, 5.74) is 1.76. The van der Waals surface area contributed by atoms with Crippen LogP contribution in [0.2, 0.25) is 0 Å². The van der Waals surface area contributed by atoms with Gasteiger partial charge < -0.3 is 5.32 Å². The first kappa shape index (κ1) is 17.6. The van der Waals surface area contributed by atoms with E-state index in [1.165, 1.54) is 27.6 Å². The molecule has 1 N–H and O–H groups in total. The summed E-state index contributed by atoms with van der Waals surface area (Å²) in [6.45, 7) is 3.54. The van der Waals surface area contributed by atoms with Crippen molar-refractivity contribution in [2.24, 2.45) is 0 Å². The number of amides is 1. The number of carbonyl (C=O) groups is 1. The average Bonchev–Trinajstić information content (AvgIpc) is 3.01. The minimum absolute atomic E-state index is 0.156. The highest BCUT2D eigenvalue weighted by atomic mass is 32.2. The first-order chi connectivity index (χ1) is 13.0. The first-order valence-corrected chi connectivity index (χ1v) is 10.0. The smallest absolute Gasteiger partial charge is 0.295 e. The van der Waals surface area contributed by atoms with Gasteiger partial charge in [-0.15, -0.1) is 23.1 Å². The third-order valence-corrected chi connectivity index (χ3v) is 5.75. The van der Waals surface area contributed by atoms with Gasteiger partial charge in [-0.2, -0.15) is 14.6 Å². The number of pyridine rings is 1. The van der Waals surface area contributed by atoms with Crippen LogP contribution in [-0.2, 0) is 4.79 Å². The van der Waals surface area contributed by atoms with Crippen molar-refractivity contribution < 1.29 is 4.79 Å². The van der Waals surface area contributed by atoms with Crippen LogP contribution in [0.4, 0.5) is 5.82 Å². The van der Waals surface area contributed by atoms with E-state index in [4.69, 9.17) is 0 Å². The van der Waals surface area contributed by atoms with E-state index in [0.29, 0.717) is 10.8 Å². The lowest BCUT2D eigenvalue weighted by molar-refractivity contribution is -0.113. The Bertz CT molecular complexity index is 1230. The van der Waals surface area contributed by atoms with Crippen LogP contribution in [-0.4, -0.2) is 31.2 Å². The van der Waals surface area contributed by atoms with E-state index in [9.17, 15) is 9.59 Å². The zero-order valence-corrected chi connectivity index (χ0v) is 16.2. The summed E-state index contributed by atoms with van der Waals surface area (Å²) in [5, 5.41) is 9.77. The second kappa shape index (κ2) is 7.09. The Morgan fingerprint density at radius 2 is 2.07 bits per heavy atom. The number of para-hydroxylation sites is 1. The molecule has 1 aromatic carbocycles. The number of nitrogens with one attached hydrogen (secondary N) is 1. The van der Waals surface area contributed by atoms with Gasteiger partial charge in [0.25, 0.3) is 5.56 Å². The van der Waals surface area contributed by atoms with E-state index in [0.717, 1.165) is 21.5 Å². The number of hydrogen-bond acceptors (Lipinski definition) is 7. The van der Waals surface area contributed by atoms with Crippen molar-refractivity contribution in [3.05, 3.63) is 57.5 Å². The lowest BCUT2D eigenvalue weighted by atomic mass is 10.2. The van der Waals surface area contributed by atoms with Crippen molar-refractivity contribution >= 4 is 50.7 Å². The van der Waals surface area contributed by atoms with E-state index in [-0.39, 0.29) is 22.9 Å². The van der Waals surface area contributed by atoms with Crippen LogP contribution >= 0.6 is 23.1 Å². The summed E-state index contributed by atoms with van der Waals surface area (Å²) in [4.78, 5) is 33.9. The summed E-state index contributed by atoms with van der Waals surface area (Å²) in [6, 6.07) is 9.86. The maximum Gasteiger partial charge on any atom is 0.295 e. The quantitative estimate of drug-likeness (QED) is 0.533. The van der Waals surface area contributed by atoms with Gasteiger partial charge in [0.1, 0.15) is 11.5 Å². The summed E-state index contributed by atoms with van der Waals surface area (Å²) >= 11 is 2.72. The highest BCUT2D eigenvalue weighted by Crippen LogP contribution is 2.28. The van der Waals surface area contributed by atoms with Gasteiger partial charge in [-0.1, -0.05) is 18.2 Å². The fourth-order valence-corrected chi connectivity index (χ4v) is 4.33. The molecule has 3 aromatic heterocycles. The van der Waals surface area contributed by atoms with Crippen LogP contribution in [0.15, 0.2) is 45.4 Å². The molecule has 0 atom stereocenters. The highest BCUT2D eigenvalue weighted by molar-refractivity contribution is 8.00. The largest absolute Gasteiger partial charge is 0.309 e. The van der Waals surface area contributed by atoms with E-state index in [2.05, 4.69) is 20.4 Å². The number of benzene rings is 1. The van der Waals surface area contributed by atoms with Crippen LogP contribution in [0.25, 0.3) is 15.9 Å². The van der Waals surface area contributed by atoms with Crippen molar-refractivity contribution in [3.8, 4) is 0 Å². The molecule has 0 unspecified atom stereocenters. The van der Waals surface area contributed by atoms with Crippen LogP contribution in [0.3, 0.4) is 0 Å². The third kappa shape index (κ3) is 3.56. The van der Waals surface area contributed by atoms with E-state index in [1.54, 1.807) is 12.3 Å². The van der Waals surface area contributed by atoms with Crippen LogP contribution in [0.1, 0.15) is 11.4 Å². The Labute approximate surface area is 162 Å². The third-order valence-electron chi connectivity index (χ3n) is 3.87. The lowest BCUT2D eigenvalue weighted by Gasteiger charge is -2.08. The molecule has 136 valence electrons. The predicted octanol–water partition coefficient (Wildman–Crippen LogP) is 3.05. The topological polar surface area (TPSA) is 89.2 Å². The van der Waals surface area contributed by atoms with Gasteiger partial charge >= 0.3 is 0 Å². The van der Waals surface area contributed by atoms with Gasteiger partial charge in [0.2, 0.25) is 10.9 Å². The van der Waals surface area contributed by atoms with Crippen LogP contribution in [0, 0.1) is 13.8 Å². The Morgan fingerprint density at radius 1 is 1.26 bits per heavy atom. The normalized spacial score (nSPS) is 11.2. The van der Waals surface area contributed by atoms with Gasteiger partial charge in [0.05, 0.1) is 11.3 Å².